The smallest absolute Gasteiger partial charge is 0.132 e. The van der Waals surface area contributed by atoms with Gasteiger partial charge in [0, 0.05) is 38.9 Å². The molecule has 322 valence electrons. The van der Waals surface area contributed by atoms with Crippen LogP contribution in [0.2, 0.25) is 0 Å². The summed E-state index contributed by atoms with van der Waals surface area (Å²) in [4.78, 5) is 2.54. The van der Waals surface area contributed by atoms with Gasteiger partial charge >= 0.3 is 0 Å². The molecule has 0 atom stereocenters. The van der Waals surface area contributed by atoms with Gasteiger partial charge in [0.05, 0.1) is 22.2 Å². The number of benzene rings is 11. The van der Waals surface area contributed by atoms with E-state index in [9.17, 15) is 0 Å². The molecule has 0 fully saturated rings. The van der Waals surface area contributed by atoms with E-state index in [1.54, 1.807) is 0 Å². The Balaban J connectivity index is 1.04. The first-order chi connectivity index (χ1) is 34.2. The van der Waals surface area contributed by atoms with Crippen molar-refractivity contribution in [1.82, 2.24) is 0 Å². The molecular weight excluding hydrogens is 839 g/mol. The van der Waals surface area contributed by atoms with Crippen LogP contribution in [-0.2, 0) is 10.8 Å². The zero-order chi connectivity index (χ0) is 45.3. The number of anilines is 3. The molecule has 0 radical (unpaired) electrons. The lowest BCUT2D eigenvalue weighted by molar-refractivity contribution is 0.436. The van der Waals surface area contributed by atoms with E-state index in [2.05, 4.69) is 254 Å². The third-order valence-electron chi connectivity index (χ3n) is 15.4. The van der Waals surface area contributed by atoms with Crippen molar-refractivity contribution in [2.75, 3.05) is 4.90 Å². The van der Waals surface area contributed by atoms with E-state index < -0.39 is 10.8 Å². The number of hydrogen-bond acceptors (Lipinski definition) is 3. The highest BCUT2D eigenvalue weighted by atomic mass is 16.5. The van der Waals surface area contributed by atoms with E-state index in [4.69, 9.17) is 9.47 Å². The number of nitrogens with zero attached hydrogens (tertiary/aromatic N) is 1. The fraction of sp³-hybridized carbons (Fsp3) is 0.0303. The molecule has 0 saturated heterocycles. The third kappa shape index (κ3) is 5.01. The summed E-state index contributed by atoms with van der Waals surface area (Å²) in [6.45, 7) is 0. The zero-order valence-corrected chi connectivity index (χ0v) is 37.4. The second-order valence-electron chi connectivity index (χ2n) is 18.6. The lowest BCUT2D eigenvalue weighted by Crippen LogP contribution is -2.32. The van der Waals surface area contributed by atoms with Crippen LogP contribution >= 0.6 is 0 Å². The predicted molar refractivity (Wildman–Crippen MR) is 279 cm³/mol. The quantitative estimate of drug-likeness (QED) is 0.176. The highest BCUT2D eigenvalue weighted by molar-refractivity contribution is 6.09. The van der Waals surface area contributed by atoms with Crippen molar-refractivity contribution in [2.45, 2.75) is 10.8 Å². The van der Waals surface area contributed by atoms with E-state index in [1.807, 2.05) is 0 Å². The molecule has 11 aromatic carbocycles. The lowest BCUT2D eigenvalue weighted by Gasteiger charge is -2.39. The van der Waals surface area contributed by atoms with Gasteiger partial charge in [-0.25, -0.2) is 0 Å². The fourth-order valence-corrected chi connectivity index (χ4v) is 12.8. The standard InChI is InChI=1S/C66H41NO2/c1-2-19-42(20-3-1)44-38-40-58(47-23-5-4-21-45(44)47)67(43-37-39-52-49(41-43)46-22-6-8-25-50(46)65(52)53-27-10-14-33-60(53)68-61-34-15-11-28-54(61)65)59-32-18-31-57-64(59)48-24-7-9-26-51(48)66(57)55-29-12-16-35-62(55)69-63-36-17-13-30-56(63)66/h1-41H. The van der Waals surface area contributed by atoms with Crippen molar-refractivity contribution >= 4 is 27.8 Å². The molecule has 0 saturated carbocycles. The number of fused-ring (bicyclic) bond motifs is 19. The van der Waals surface area contributed by atoms with Gasteiger partial charge in [-0.15, -0.1) is 0 Å². The molecule has 15 rings (SSSR count). The van der Waals surface area contributed by atoms with Gasteiger partial charge in [0.1, 0.15) is 23.0 Å². The Labute approximate surface area is 400 Å². The number of para-hydroxylation sites is 4. The number of ether oxygens (including phenoxy) is 2. The van der Waals surface area contributed by atoms with Gasteiger partial charge in [-0.3, -0.25) is 0 Å². The minimum absolute atomic E-state index is 0.575. The second-order valence-corrected chi connectivity index (χ2v) is 18.6. The molecule has 0 unspecified atom stereocenters. The summed E-state index contributed by atoms with van der Waals surface area (Å²) in [6.07, 6.45) is 0. The summed E-state index contributed by atoms with van der Waals surface area (Å²) in [7, 11) is 0. The molecule has 69 heavy (non-hydrogen) atoms. The zero-order valence-electron chi connectivity index (χ0n) is 37.4. The van der Waals surface area contributed by atoms with E-state index in [1.165, 1.54) is 66.4 Å². The molecule has 0 aromatic heterocycles. The Morgan fingerprint density at radius 1 is 0.275 bits per heavy atom. The van der Waals surface area contributed by atoms with Crippen LogP contribution < -0.4 is 14.4 Å². The number of hydrogen-bond donors (Lipinski definition) is 0. The molecule has 3 nitrogen and oxygen atoms in total. The molecule has 0 amide bonds. The van der Waals surface area contributed by atoms with E-state index in [-0.39, 0.29) is 0 Å². The molecule has 11 aromatic rings. The van der Waals surface area contributed by atoms with Gasteiger partial charge in [0.15, 0.2) is 0 Å². The third-order valence-corrected chi connectivity index (χ3v) is 15.4. The van der Waals surface area contributed by atoms with Gasteiger partial charge in [-0.2, -0.15) is 0 Å². The van der Waals surface area contributed by atoms with Crippen LogP contribution in [0.5, 0.6) is 23.0 Å². The summed E-state index contributed by atoms with van der Waals surface area (Å²) < 4.78 is 13.5. The van der Waals surface area contributed by atoms with Crippen LogP contribution in [0.4, 0.5) is 17.1 Å². The van der Waals surface area contributed by atoms with E-state index in [0.29, 0.717) is 0 Å². The summed E-state index contributed by atoms with van der Waals surface area (Å²) in [5.74, 6) is 3.54. The molecule has 0 bridgehead atoms. The second kappa shape index (κ2) is 14.3. The summed E-state index contributed by atoms with van der Waals surface area (Å²) in [5, 5.41) is 2.37. The van der Waals surface area contributed by atoms with Crippen LogP contribution in [0, 0.1) is 0 Å². The van der Waals surface area contributed by atoms with Crippen molar-refractivity contribution in [3.8, 4) is 56.4 Å². The van der Waals surface area contributed by atoms with Crippen LogP contribution in [-0.4, -0.2) is 0 Å². The molecule has 3 heteroatoms. The normalized spacial score (nSPS) is 14.3. The van der Waals surface area contributed by atoms with E-state index in [0.717, 1.165) is 62.3 Å². The lowest BCUT2D eigenvalue weighted by atomic mass is 9.66. The summed E-state index contributed by atoms with van der Waals surface area (Å²) in [6, 6.07) is 91.0. The topological polar surface area (TPSA) is 21.7 Å². The molecule has 2 aliphatic carbocycles. The van der Waals surface area contributed by atoms with Crippen LogP contribution in [0.1, 0.15) is 44.5 Å². The summed E-state index contributed by atoms with van der Waals surface area (Å²) in [5.41, 5.74) is 18.9. The van der Waals surface area contributed by atoms with Gasteiger partial charge in [-0.05, 0) is 104 Å². The summed E-state index contributed by atoms with van der Waals surface area (Å²) >= 11 is 0. The predicted octanol–water partition coefficient (Wildman–Crippen LogP) is 16.9. The van der Waals surface area contributed by atoms with Crippen molar-refractivity contribution < 1.29 is 9.47 Å². The first kappa shape index (κ1) is 38.2. The Morgan fingerprint density at radius 3 is 1.36 bits per heavy atom. The maximum Gasteiger partial charge on any atom is 0.132 e. The Morgan fingerprint density at radius 2 is 0.739 bits per heavy atom. The minimum atomic E-state index is -0.620. The highest BCUT2D eigenvalue weighted by Gasteiger charge is 2.53. The van der Waals surface area contributed by atoms with Crippen LogP contribution in [0.25, 0.3) is 44.2 Å². The SMILES string of the molecule is c1ccc(-c2ccc(N(c3ccc4c(c3)-c3ccccc3C43c4ccccc4Oc4ccccc43)c3cccc4c3-c3ccccc3C43c4ccccc4Oc4ccccc43)c3ccccc23)cc1. The Bertz CT molecular complexity index is 3850. The molecule has 0 N–H and O–H groups in total. The van der Waals surface area contributed by atoms with Gasteiger partial charge < -0.3 is 14.4 Å². The molecule has 2 spiro atoms. The first-order valence-electron chi connectivity index (χ1n) is 23.8. The van der Waals surface area contributed by atoms with Gasteiger partial charge in [0.25, 0.3) is 0 Å². The van der Waals surface area contributed by atoms with E-state index >= 15 is 0 Å². The Hall–Kier alpha value is -8.92. The maximum absolute atomic E-state index is 6.75. The minimum Gasteiger partial charge on any atom is -0.457 e. The average molecular weight is 880 g/mol. The van der Waals surface area contributed by atoms with Crippen molar-refractivity contribution in [1.29, 1.82) is 0 Å². The highest BCUT2D eigenvalue weighted by Crippen LogP contribution is 2.66. The van der Waals surface area contributed by atoms with Crippen molar-refractivity contribution in [3.05, 3.63) is 293 Å². The largest absolute Gasteiger partial charge is 0.457 e. The fourth-order valence-electron chi connectivity index (χ4n) is 12.8. The van der Waals surface area contributed by atoms with Gasteiger partial charge in [0.2, 0.25) is 0 Å². The van der Waals surface area contributed by atoms with Crippen molar-refractivity contribution in [3.63, 3.8) is 0 Å². The van der Waals surface area contributed by atoms with Crippen LogP contribution in [0.15, 0.2) is 249 Å². The number of rotatable bonds is 4. The van der Waals surface area contributed by atoms with Crippen molar-refractivity contribution in [2.24, 2.45) is 0 Å². The van der Waals surface area contributed by atoms with Crippen LogP contribution in [0.3, 0.4) is 0 Å². The molecule has 4 aliphatic rings. The molecular formula is C66H41NO2. The molecule has 2 aliphatic heterocycles. The Kier molecular flexibility index (Phi) is 7.92. The van der Waals surface area contributed by atoms with Gasteiger partial charge in [-0.1, -0.05) is 200 Å². The maximum atomic E-state index is 6.75. The monoisotopic (exact) mass is 879 g/mol. The first-order valence-corrected chi connectivity index (χ1v) is 23.8. The molecule has 2 heterocycles. The average Bonchev–Trinajstić information content (AvgIpc) is 3.87.